The highest BCUT2D eigenvalue weighted by atomic mass is 127. The van der Waals surface area contributed by atoms with Crippen molar-refractivity contribution >= 4 is 35.8 Å². The van der Waals surface area contributed by atoms with Crippen LogP contribution in [0, 0.1) is 11.3 Å². The Hall–Kier alpha value is -0.570. The zero-order valence-electron chi connectivity index (χ0n) is 14.0. The Morgan fingerprint density at radius 3 is 3.09 bits per heavy atom. The number of nitrogens with one attached hydrogen (secondary N) is 2. The van der Waals surface area contributed by atoms with Gasteiger partial charge in [-0.3, -0.25) is 9.79 Å². The summed E-state index contributed by atoms with van der Waals surface area (Å²) in [7, 11) is 0. The maximum Gasteiger partial charge on any atom is 0.220 e. The van der Waals surface area contributed by atoms with Gasteiger partial charge in [-0.2, -0.15) is 0 Å². The lowest BCUT2D eigenvalue weighted by Gasteiger charge is -2.40. The Morgan fingerprint density at radius 2 is 2.43 bits per heavy atom. The standard InChI is InChI=1S/C16H28N4O2.HI/c1-2-17-15(18-9-13-4-7-22-10-13)20-6-3-5-16(12-20)8-14(21)19-11-16;/h13H,2-12H2,1H3,(H,17,18)(H,19,21);1H. The van der Waals surface area contributed by atoms with Crippen LogP contribution in [0.15, 0.2) is 4.99 Å². The molecule has 0 aromatic rings. The van der Waals surface area contributed by atoms with E-state index >= 15 is 0 Å². The van der Waals surface area contributed by atoms with Gasteiger partial charge >= 0.3 is 0 Å². The van der Waals surface area contributed by atoms with E-state index in [2.05, 4.69) is 22.5 Å². The Bertz CT molecular complexity index is 440. The van der Waals surface area contributed by atoms with Gasteiger partial charge in [0.05, 0.1) is 6.61 Å². The Kier molecular flexibility index (Phi) is 6.94. The Labute approximate surface area is 155 Å². The molecule has 0 radical (unpaired) electrons. The summed E-state index contributed by atoms with van der Waals surface area (Å²) in [5, 5.41) is 6.43. The number of nitrogens with zero attached hydrogens (tertiary/aromatic N) is 2. The maximum absolute atomic E-state index is 11.6. The van der Waals surface area contributed by atoms with Crippen LogP contribution in [0.2, 0.25) is 0 Å². The molecule has 0 aromatic carbocycles. The fourth-order valence-corrected chi connectivity index (χ4v) is 3.80. The number of halogens is 1. The molecule has 3 aliphatic rings. The van der Waals surface area contributed by atoms with E-state index in [1.807, 2.05) is 0 Å². The van der Waals surface area contributed by atoms with Crippen molar-refractivity contribution in [1.29, 1.82) is 0 Å². The predicted octanol–water partition coefficient (Wildman–Crippen LogP) is 1.21. The van der Waals surface area contributed by atoms with E-state index in [-0.39, 0.29) is 35.3 Å². The van der Waals surface area contributed by atoms with Crippen molar-refractivity contribution < 1.29 is 9.53 Å². The zero-order chi connectivity index (χ0) is 15.4. The summed E-state index contributed by atoms with van der Waals surface area (Å²) in [5.74, 6) is 1.77. The number of hydrogen-bond acceptors (Lipinski definition) is 3. The van der Waals surface area contributed by atoms with Crippen LogP contribution in [0.3, 0.4) is 0 Å². The monoisotopic (exact) mass is 436 g/mol. The van der Waals surface area contributed by atoms with Gasteiger partial charge in [-0.05, 0) is 26.2 Å². The molecule has 0 aromatic heterocycles. The molecular weight excluding hydrogens is 407 g/mol. The van der Waals surface area contributed by atoms with Gasteiger partial charge in [0.15, 0.2) is 5.96 Å². The highest BCUT2D eigenvalue weighted by molar-refractivity contribution is 14.0. The van der Waals surface area contributed by atoms with Crippen LogP contribution in [0.5, 0.6) is 0 Å². The molecular formula is C16H29IN4O2. The Morgan fingerprint density at radius 1 is 1.57 bits per heavy atom. The molecule has 3 saturated heterocycles. The summed E-state index contributed by atoms with van der Waals surface area (Å²) in [4.78, 5) is 18.8. The Balaban J connectivity index is 0.00000192. The number of piperidine rings is 1. The lowest BCUT2D eigenvalue weighted by Crippen LogP contribution is -2.51. The molecule has 2 N–H and O–H groups in total. The number of ether oxygens (including phenoxy) is 1. The number of amides is 1. The van der Waals surface area contributed by atoms with Gasteiger partial charge in [0, 0.05) is 57.1 Å². The van der Waals surface area contributed by atoms with Gasteiger partial charge in [-0.1, -0.05) is 0 Å². The average molecular weight is 436 g/mol. The molecule has 1 amide bonds. The molecule has 132 valence electrons. The molecule has 3 fully saturated rings. The van der Waals surface area contributed by atoms with E-state index in [1.165, 1.54) is 0 Å². The van der Waals surface area contributed by atoms with Crippen LogP contribution < -0.4 is 10.6 Å². The summed E-state index contributed by atoms with van der Waals surface area (Å²) < 4.78 is 5.43. The van der Waals surface area contributed by atoms with Crippen molar-refractivity contribution in [3.63, 3.8) is 0 Å². The third-order valence-electron chi connectivity index (χ3n) is 5.02. The van der Waals surface area contributed by atoms with Crippen LogP contribution >= 0.6 is 24.0 Å². The van der Waals surface area contributed by atoms with Gasteiger partial charge < -0.3 is 20.3 Å². The largest absolute Gasteiger partial charge is 0.381 e. The van der Waals surface area contributed by atoms with Crippen molar-refractivity contribution in [1.82, 2.24) is 15.5 Å². The maximum atomic E-state index is 11.6. The summed E-state index contributed by atoms with van der Waals surface area (Å²) in [6.07, 6.45) is 4.05. The molecule has 6 nitrogen and oxygen atoms in total. The second-order valence-corrected chi connectivity index (χ2v) is 6.90. The van der Waals surface area contributed by atoms with Crippen LogP contribution in [0.25, 0.3) is 0 Å². The number of likely N-dealkylation sites (tertiary alicyclic amines) is 1. The highest BCUT2D eigenvalue weighted by Crippen LogP contribution is 2.36. The molecule has 2 unspecified atom stereocenters. The molecule has 3 heterocycles. The van der Waals surface area contributed by atoms with E-state index in [0.717, 1.165) is 71.2 Å². The van der Waals surface area contributed by atoms with Crippen LogP contribution in [0.4, 0.5) is 0 Å². The van der Waals surface area contributed by atoms with Gasteiger partial charge in [0.1, 0.15) is 0 Å². The first-order chi connectivity index (χ1) is 10.7. The second-order valence-electron chi connectivity index (χ2n) is 6.90. The van der Waals surface area contributed by atoms with Gasteiger partial charge in [-0.25, -0.2) is 0 Å². The summed E-state index contributed by atoms with van der Waals surface area (Å²) in [5.41, 5.74) is 0.113. The number of guanidine groups is 1. The molecule has 1 spiro atoms. The number of hydrogen-bond donors (Lipinski definition) is 2. The second kappa shape index (κ2) is 8.50. The summed E-state index contributed by atoms with van der Waals surface area (Å²) in [6.45, 7) is 8.31. The van der Waals surface area contributed by atoms with Crippen molar-refractivity contribution in [2.24, 2.45) is 16.3 Å². The smallest absolute Gasteiger partial charge is 0.220 e. The van der Waals surface area contributed by atoms with Crippen molar-refractivity contribution in [2.75, 3.05) is 45.9 Å². The first-order valence-electron chi connectivity index (χ1n) is 8.58. The molecule has 0 bridgehead atoms. The minimum Gasteiger partial charge on any atom is -0.381 e. The lowest BCUT2D eigenvalue weighted by atomic mass is 9.79. The number of carbonyl (C=O) groups is 1. The molecule has 3 aliphatic heterocycles. The third kappa shape index (κ3) is 4.71. The first kappa shape index (κ1) is 18.8. The fourth-order valence-electron chi connectivity index (χ4n) is 3.80. The molecule has 7 heteroatoms. The van der Waals surface area contributed by atoms with E-state index in [9.17, 15) is 4.79 Å². The number of rotatable bonds is 3. The molecule has 0 aliphatic carbocycles. The summed E-state index contributed by atoms with van der Waals surface area (Å²) in [6, 6.07) is 0. The van der Waals surface area contributed by atoms with E-state index in [4.69, 9.17) is 9.73 Å². The fraction of sp³-hybridized carbons (Fsp3) is 0.875. The van der Waals surface area contributed by atoms with Crippen molar-refractivity contribution in [2.45, 2.75) is 32.6 Å². The topological polar surface area (TPSA) is 66.0 Å². The van der Waals surface area contributed by atoms with Crippen LogP contribution in [-0.2, 0) is 9.53 Å². The minimum atomic E-state index is 0. The van der Waals surface area contributed by atoms with Crippen LogP contribution in [-0.4, -0.2) is 62.7 Å². The molecule has 2 atom stereocenters. The number of carbonyl (C=O) groups excluding carboxylic acids is 1. The average Bonchev–Trinajstić information content (AvgIpc) is 3.14. The molecule has 0 saturated carbocycles. The van der Waals surface area contributed by atoms with Gasteiger partial charge in [0.2, 0.25) is 5.91 Å². The molecule has 23 heavy (non-hydrogen) atoms. The quantitative estimate of drug-likeness (QED) is 0.397. The van der Waals surface area contributed by atoms with E-state index < -0.39 is 0 Å². The highest BCUT2D eigenvalue weighted by Gasteiger charge is 2.42. The number of aliphatic imine (C=N–C) groups is 1. The predicted molar refractivity (Wildman–Crippen MR) is 101 cm³/mol. The van der Waals surface area contributed by atoms with Crippen LogP contribution in [0.1, 0.15) is 32.6 Å². The lowest BCUT2D eigenvalue weighted by molar-refractivity contribution is -0.119. The normalized spacial score (nSPS) is 31.2. The van der Waals surface area contributed by atoms with Gasteiger partial charge in [-0.15, -0.1) is 24.0 Å². The minimum absolute atomic E-state index is 0. The molecule has 3 rings (SSSR count). The SMILES string of the molecule is CCNC(=NCC1CCOC1)N1CCCC2(CNC(=O)C2)C1.I. The van der Waals surface area contributed by atoms with Gasteiger partial charge in [0.25, 0.3) is 0 Å². The van der Waals surface area contributed by atoms with E-state index in [0.29, 0.717) is 12.3 Å². The first-order valence-corrected chi connectivity index (χ1v) is 8.58. The zero-order valence-corrected chi connectivity index (χ0v) is 16.3. The van der Waals surface area contributed by atoms with E-state index in [1.54, 1.807) is 0 Å². The van der Waals surface area contributed by atoms with Crippen molar-refractivity contribution in [3.8, 4) is 0 Å². The third-order valence-corrected chi connectivity index (χ3v) is 5.02. The summed E-state index contributed by atoms with van der Waals surface area (Å²) >= 11 is 0. The van der Waals surface area contributed by atoms with Crippen molar-refractivity contribution in [3.05, 3.63) is 0 Å².